The summed E-state index contributed by atoms with van der Waals surface area (Å²) in [7, 11) is 2.21. The Balaban J connectivity index is 1.66. The van der Waals surface area contributed by atoms with E-state index in [9.17, 15) is 0 Å². The van der Waals surface area contributed by atoms with Crippen LogP contribution in [0.5, 0.6) is 5.75 Å². The van der Waals surface area contributed by atoms with E-state index in [1.54, 1.807) is 0 Å². The second-order valence-electron chi connectivity index (χ2n) is 6.72. The Hall–Kier alpha value is -1.22. The lowest BCUT2D eigenvalue weighted by Gasteiger charge is -2.37. The molecule has 1 aromatic rings. The molecule has 110 valence electrons. The SMILES string of the molecule is CN1CCC(C)(COc2cccc3c2CCCN3)CC1. The van der Waals surface area contributed by atoms with Gasteiger partial charge in [-0.2, -0.15) is 0 Å². The number of nitrogens with one attached hydrogen (secondary N) is 1. The van der Waals surface area contributed by atoms with Crippen LogP contribution >= 0.6 is 0 Å². The molecular formula is C17H26N2O. The Bertz CT molecular complexity index is 464. The molecule has 2 heterocycles. The number of hydrogen-bond acceptors (Lipinski definition) is 3. The third-order valence-corrected chi connectivity index (χ3v) is 4.82. The molecule has 0 unspecified atom stereocenters. The van der Waals surface area contributed by atoms with E-state index in [-0.39, 0.29) is 0 Å². The maximum atomic E-state index is 6.22. The van der Waals surface area contributed by atoms with Crippen molar-refractivity contribution in [2.24, 2.45) is 5.41 Å². The van der Waals surface area contributed by atoms with Crippen LogP contribution in [0.3, 0.4) is 0 Å². The summed E-state index contributed by atoms with van der Waals surface area (Å²) in [5, 5.41) is 3.47. The van der Waals surface area contributed by atoms with Crippen molar-refractivity contribution in [2.75, 3.05) is 38.6 Å². The van der Waals surface area contributed by atoms with Crippen molar-refractivity contribution in [2.45, 2.75) is 32.6 Å². The van der Waals surface area contributed by atoms with Crippen molar-refractivity contribution in [1.29, 1.82) is 0 Å². The normalized spacial score (nSPS) is 21.9. The second kappa shape index (κ2) is 5.65. The number of rotatable bonds is 3. The molecule has 1 fully saturated rings. The molecule has 2 aliphatic heterocycles. The Morgan fingerprint density at radius 1 is 1.30 bits per heavy atom. The van der Waals surface area contributed by atoms with Crippen molar-refractivity contribution in [3.8, 4) is 5.75 Å². The number of nitrogens with zero attached hydrogens (tertiary/aromatic N) is 1. The van der Waals surface area contributed by atoms with Gasteiger partial charge in [-0.05, 0) is 58.0 Å². The fourth-order valence-electron chi connectivity index (χ4n) is 3.17. The van der Waals surface area contributed by atoms with Gasteiger partial charge in [-0.1, -0.05) is 13.0 Å². The van der Waals surface area contributed by atoms with E-state index in [1.807, 2.05) is 0 Å². The molecule has 1 saturated heterocycles. The molecule has 0 spiro atoms. The number of benzene rings is 1. The molecule has 0 aliphatic carbocycles. The lowest BCUT2D eigenvalue weighted by Crippen LogP contribution is -2.39. The summed E-state index contributed by atoms with van der Waals surface area (Å²) in [5.41, 5.74) is 2.97. The average Bonchev–Trinajstić information content (AvgIpc) is 2.49. The highest BCUT2D eigenvalue weighted by atomic mass is 16.5. The zero-order valence-electron chi connectivity index (χ0n) is 12.7. The standard InChI is InChI=1S/C17H26N2O/c1-17(8-11-19(2)12-9-17)13-20-16-7-3-6-15-14(16)5-4-10-18-15/h3,6-7,18H,4-5,8-13H2,1-2H3. The second-order valence-corrected chi connectivity index (χ2v) is 6.72. The van der Waals surface area contributed by atoms with Crippen LogP contribution in [0.25, 0.3) is 0 Å². The van der Waals surface area contributed by atoms with Crippen molar-refractivity contribution in [3.63, 3.8) is 0 Å². The highest BCUT2D eigenvalue weighted by molar-refractivity contribution is 5.59. The van der Waals surface area contributed by atoms with Gasteiger partial charge in [0.1, 0.15) is 5.75 Å². The zero-order valence-corrected chi connectivity index (χ0v) is 12.7. The summed E-state index contributed by atoms with van der Waals surface area (Å²) in [5.74, 6) is 1.09. The van der Waals surface area contributed by atoms with E-state index in [0.717, 1.165) is 25.3 Å². The van der Waals surface area contributed by atoms with Crippen LogP contribution in [0, 0.1) is 5.41 Å². The molecule has 1 aromatic carbocycles. The lowest BCUT2D eigenvalue weighted by atomic mass is 9.81. The molecule has 2 aliphatic rings. The summed E-state index contributed by atoms with van der Waals surface area (Å²) in [6.45, 7) is 6.67. The number of piperidine rings is 1. The van der Waals surface area contributed by atoms with Gasteiger partial charge >= 0.3 is 0 Å². The topological polar surface area (TPSA) is 24.5 Å². The van der Waals surface area contributed by atoms with E-state index in [1.165, 1.54) is 43.6 Å². The predicted octanol–water partition coefficient (Wildman–Crippen LogP) is 3.16. The summed E-state index contributed by atoms with van der Waals surface area (Å²) in [4.78, 5) is 2.41. The fourth-order valence-corrected chi connectivity index (χ4v) is 3.17. The van der Waals surface area contributed by atoms with Gasteiger partial charge in [-0.3, -0.25) is 0 Å². The minimum Gasteiger partial charge on any atom is -0.493 e. The Labute approximate surface area is 122 Å². The van der Waals surface area contributed by atoms with Crippen LogP contribution < -0.4 is 10.1 Å². The number of anilines is 1. The Morgan fingerprint density at radius 2 is 2.10 bits per heavy atom. The first-order valence-corrected chi connectivity index (χ1v) is 7.83. The predicted molar refractivity (Wildman–Crippen MR) is 83.6 cm³/mol. The van der Waals surface area contributed by atoms with Gasteiger partial charge in [-0.15, -0.1) is 0 Å². The largest absolute Gasteiger partial charge is 0.493 e. The first kappa shape index (κ1) is 13.7. The molecule has 3 heteroatoms. The minimum absolute atomic E-state index is 0.331. The Morgan fingerprint density at radius 3 is 2.90 bits per heavy atom. The van der Waals surface area contributed by atoms with Crippen LogP contribution in [0.1, 0.15) is 31.7 Å². The molecule has 0 atom stereocenters. The van der Waals surface area contributed by atoms with Gasteiger partial charge in [0.2, 0.25) is 0 Å². The number of ether oxygens (including phenoxy) is 1. The summed E-state index contributed by atoms with van der Waals surface area (Å²) in [6, 6.07) is 6.40. The quantitative estimate of drug-likeness (QED) is 0.916. The first-order valence-electron chi connectivity index (χ1n) is 7.83. The smallest absolute Gasteiger partial charge is 0.124 e. The van der Waals surface area contributed by atoms with Gasteiger partial charge in [0.25, 0.3) is 0 Å². The van der Waals surface area contributed by atoms with Crippen molar-refractivity contribution >= 4 is 5.69 Å². The van der Waals surface area contributed by atoms with E-state index < -0.39 is 0 Å². The zero-order chi connectivity index (χ0) is 14.0. The maximum Gasteiger partial charge on any atom is 0.124 e. The molecule has 0 bridgehead atoms. The molecule has 0 aromatic heterocycles. The summed E-state index contributed by atoms with van der Waals surface area (Å²) >= 11 is 0. The molecule has 20 heavy (non-hydrogen) atoms. The number of hydrogen-bond donors (Lipinski definition) is 1. The monoisotopic (exact) mass is 274 g/mol. The Kier molecular flexibility index (Phi) is 3.88. The van der Waals surface area contributed by atoms with Gasteiger partial charge in [0.15, 0.2) is 0 Å². The average molecular weight is 274 g/mol. The van der Waals surface area contributed by atoms with Crippen LogP contribution in [-0.2, 0) is 6.42 Å². The van der Waals surface area contributed by atoms with E-state index >= 15 is 0 Å². The fraction of sp³-hybridized carbons (Fsp3) is 0.647. The van der Waals surface area contributed by atoms with Crippen LogP contribution in [-0.4, -0.2) is 38.2 Å². The molecule has 3 rings (SSSR count). The van der Waals surface area contributed by atoms with Crippen molar-refractivity contribution in [1.82, 2.24) is 4.90 Å². The van der Waals surface area contributed by atoms with E-state index in [4.69, 9.17) is 4.74 Å². The highest BCUT2D eigenvalue weighted by Gasteiger charge is 2.30. The molecule has 0 radical (unpaired) electrons. The van der Waals surface area contributed by atoms with Gasteiger partial charge in [0.05, 0.1) is 6.61 Å². The van der Waals surface area contributed by atoms with Crippen LogP contribution in [0.15, 0.2) is 18.2 Å². The summed E-state index contributed by atoms with van der Waals surface area (Å²) < 4.78 is 6.22. The molecule has 1 N–H and O–H groups in total. The minimum atomic E-state index is 0.331. The van der Waals surface area contributed by atoms with Crippen LogP contribution in [0.4, 0.5) is 5.69 Å². The van der Waals surface area contributed by atoms with E-state index in [0.29, 0.717) is 5.41 Å². The van der Waals surface area contributed by atoms with Crippen molar-refractivity contribution < 1.29 is 4.74 Å². The van der Waals surface area contributed by atoms with Crippen molar-refractivity contribution in [3.05, 3.63) is 23.8 Å². The lowest BCUT2D eigenvalue weighted by molar-refractivity contribution is 0.0799. The summed E-state index contributed by atoms with van der Waals surface area (Å²) in [6.07, 6.45) is 4.81. The van der Waals surface area contributed by atoms with Gasteiger partial charge in [0, 0.05) is 23.2 Å². The number of fused-ring (bicyclic) bond motifs is 1. The van der Waals surface area contributed by atoms with Gasteiger partial charge < -0.3 is 15.0 Å². The third kappa shape index (κ3) is 2.93. The molecule has 0 amide bonds. The molecule has 3 nitrogen and oxygen atoms in total. The maximum absolute atomic E-state index is 6.22. The van der Waals surface area contributed by atoms with Gasteiger partial charge in [-0.25, -0.2) is 0 Å². The van der Waals surface area contributed by atoms with E-state index in [2.05, 4.69) is 42.4 Å². The molecule has 0 saturated carbocycles. The first-order chi connectivity index (χ1) is 9.66. The third-order valence-electron chi connectivity index (χ3n) is 4.82. The highest BCUT2D eigenvalue weighted by Crippen LogP contribution is 2.34. The van der Waals surface area contributed by atoms with Crippen LogP contribution in [0.2, 0.25) is 0 Å². The number of likely N-dealkylation sites (tertiary alicyclic amines) is 1. The molecular weight excluding hydrogens is 248 g/mol.